The van der Waals surface area contributed by atoms with Gasteiger partial charge in [0.2, 0.25) is 5.71 Å². The van der Waals surface area contributed by atoms with E-state index in [4.69, 9.17) is 4.42 Å². The molecule has 0 N–H and O–H groups in total. The van der Waals surface area contributed by atoms with Crippen LogP contribution in [0.5, 0.6) is 0 Å². The second kappa shape index (κ2) is 8.87. The van der Waals surface area contributed by atoms with Gasteiger partial charge in [0.1, 0.15) is 17.3 Å². The molecule has 0 aliphatic carbocycles. The maximum Gasteiger partial charge on any atom is 0.345 e. The normalized spacial score (nSPS) is 11.5. The third-order valence-corrected chi connectivity index (χ3v) is 5.02. The molecule has 2 aromatic carbocycles. The van der Waals surface area contributed by atoms with Crippen molar-refractivity contribution in [1.29, 1.82) is 0 Å². The van der Waals surface area contributed by atoms with Crippen LogP contribution in [0, 0.1) is 5.82 Å². The fraction of sp³-hybridized carbons (Fsp3) is 0.125. The number of hydrogen-bond acceptors (Lipinski definition) is 5. The van der Waals surface area contributed by atoms with Gasteiger partial charge in [0, 0.05) is 23.5 Å². The van der Waals surface area contributed by atoms with Gasteiger partial charge in [-0.2, -0.15) is 18.9 Å². The van der Waals surface area contributed by atoms with Crippen LogP contribution >= 0.6 is 0 Å². The Hall–Kier alpha value is -3.98. The molecule has 166 valence electrons. The van der Waals surface area contributed by atoms with E-state index >= 15 is 0 Å². The summed E-state index contributed by atoms with van der Waals surface area (Å²) in [7, 11) is 0. The van der Waals surface area contributed by atoms with Crippen LogP contribution in [0.25, 0.3) is 45.1 Å². The number of furan rings is 1. The summed E-state index contributed by atoms with van der Waals surface area (Å²) < 4.78 is 49.9. The Kier molecular flexibility index (Phi) is 5.62. The number of hydrogen-bond donors (Lipinski definition) is 0. The smallest absolute Gasteiger partial charge is 0.345 e. The lowest BCUT2D eigenvalue weighted by molar-refractivity contribution is -0.130. The van der Waals surface area contributed by atoms with E-state index in [1.807, 2.05) is 36.4 Å². The molecule has 0 spiro atoms. The third-order valence-electron chi connectivity index (χ3n) is 5.02. The molecule has 5 rings (SSSR count). The van der Waals surface area contributed by atoms with Crippen molar-refractivity contribution in [2.45, 2.75) is 13.2 Å². The van der Waals surface area contributed by atoms with E-state index in [-0.39, 0.29) is 19.0 Å². The average Bonchev–Trinajstić information content (AvgIpc) is 3.44. The molecule has 33 heavy (non-hydrogen) atoms. The predicted molar refractivity (Wildman–Crippen MR) is 116 cm³/mol. The summed E-state index contributed by atoms with van der Waals surface area (Å²) in [5.74, 6) is 0.624. The highest BCUT2D eigenvalue weighted by molar-refractivity contribution is 5.83. The Morgan fingerprint density at radius 2 is 1.79 bits per heavy atom. The molecular weight excluding hydrogens is 433 g/mol. The Labute approximate surface area is 186 Å². The van der Waals surface area contributed by atoms with Crippen LogP contribution in [0.1, 0.15) is 0 Å². The Bertz CT molecular complexity index is 1380. The van der Waals surface area contributed by atoms with Gasteiger partial charge < -0.3 is 9.15 Å². The molecule has 0 saturated carbocycles. The molecule has 3 aromatic heterocycles. The number of aromatic nitrogens is 4. The van der Waals surface area contributed by atoms with E-state index in [0.717, 1.165) is 10.9 Å². The molecule has 0 aliphatic rings. The molecule has 3 heterocycles. The second-order valence-corrected chi connectivity index (χ2v) is 7.22. The van der Waals surface area contributed by atoms with Gasteiger partial charge in [-0.3, -0.25) is 4.68 Å². The molecule has 0 aliphatic heterocycles. The summed E-state index contributed by atoms with van der Waals surface area (Å²) in [6.45, 7) is -2.99. The van der Waals surface area contributed by atoms with Crippen molar-refractivity contribution in [1.82, 2.24) is 19.7 Å². The maximum absolute atomic E-state index is 13.4. The van der Waals surface area contributed by atoms with E-state index in [2.05, 4.69) is 19.8 Å². The highest BCUT2D eigenvalue weighted by Crippen LogP contribution is 2.32. The van der Waals surface area contributed by atoms with Gasteiger partial charge in [-0.25, -0.2) is 9.37 Å². The van der Waals surface area contributed by atoms with Crippen molar-refractivity contribution in [2.24, 2.45) is 0 Å². The summed E-state index contributed by atoms with van der Waals surface area (Å²) in [5.41, 5.74) is 2.99. The molecule has 0 unspecified atom stereocenters. The molecule has 0 amide bonds. The minimum Gasteiger partial charge on any atom is -0.438 e. The van der Waals surface area contributed by atoms with Crippen molar-refractivity contribution < 1.29 is 22.3 Å². The lowest BCUT2D eigenvalue weighted by atomic mass is 10.1. The minimum atomic E-state index is -2.86. The van der Waals surface area contributed by atoms with E-state index < -0.39 is 6.61 Å². The standard InChI is InChI=1S/C24H17F3N4O2/c25-18-8-6-16(7-9-18)21-19(14-31(30-21)10-11-32-24(26)27)22-28-13-17-12-20(33-23(17)29-22)15-4-2-1-3-5-15/h1-9,12-14,24H,10-11H2. The molecular formula is C24H17F3N4O2. The lowest BCUT2D eigenvalue weighted by Gasteiger charge is -2.02. The van der Waals surface area contributed by atoms with Crippen LogP contribution in [-0.4, -0.2) is 33.0 Å². The van der Waals surface area contributed by atoms with E-state index in [1.54, 1.807) is 24.5 Å². The zero-order valence-corrected chi connectivity index (χ0v) is 17.2. The maximum atomic E-state index is 13.4. The average molecular weight is 450 g/mol. The molecule has 9 heteroatoms. The summed E-state index contributed by atoms with van der Waals surface area (Å²) in [6.07, 6.45) is 3.30. The highest BCUT2D eigenvalue weighted by atomic mass is 19.3. The van der Waals surface area contributed by atoms with Crippen molar-refractivity contribution in [2.75, 3.05) is 6.61 Å². The summed E-state index contributed by atoms with van der Waals surface area (Å²) in [6, 6.07) is 17.3. The Morgan fingerprint density at radius 1 is 1.00 bits per heavy atom. The molecule has 0 radical (unpaired) electrons. The monoisotopic (exact) mass is 450 g/mol. The number of halogens is 3. The zero-order valence-electron chi connectivity index (χ0n) is 17.2. The number of fused-ring (bicyclic) bond motifs is 1. The van der Waals surface area contributed by atoms with Gasteiger partial charge in [-0.05, 0) is 30.3 Å². The molecule has 0 fully saturated rings. The van der Waals surface area contributed by atoms with Crippen LogP contribution in [0.2, 0.25) is 0 Å². The van der Waals surface area contributed by atoms with Crippen LogP contribution in [0.15, 0.2) is 77.5 Å². The first kappa shape index (κ1) is 20.9. The van der Waals surface area contributed by atoms with E-state index in [0.29, 0.717) is 34.1 Å². The van der Waals surface area contributed by atoms with Crippen molar-refractivity contribution in [3.05, 3.63) is 78.9 Å². The summed E-state index contributed by atoms with van der Waals surface area (Å²) in [5, 5.41) is 5.21. The second-order valence-electron chi connectivity index (χ2n) is 7.22. The Morgan fingerprint density at radius 3 is 2.55 bits per heavy atom. The molecule has 5 aromatic rings. The first-order valence-corrected chi connectivity index (χ1v) is 10.1. The number of nitrogens with zero attached hydrogens (tertiary/aromatic N) is 4. The van der Waals surface area contributed by atoms with Crippen molar-refractivity contribution in [3.63, 3.8) is 0 Å². The van der Waals surface area contributed by atoms with Gasteiger partial charge in [0.15, 0.2) is 5.82 Å². The largest absolute Gasteiger partial charge is 0.438 e. The molecule has 0 bridgehead atoms. The van der Waals surface area contributed by atoms with E-state index in [1.165, 1.54) is 16.8 Å². The first-order chi connectivity index (χ1) is 16.1. The van der Waals surface area contributed by atoms with Gasteiger partial charge in [0.05, 0.1) is 24.1 Å². The van der Waals surface area contributed by atoms with Gasteiger partial charge >= 0.3 is 6.61 Å². The lowest BCUT2D eigenvalue weighted by Crippen LogP contribution is -2.09. The van der Waals surface area contributed by atoms with Crippen molar-refractivity contribution >= 4 is 11.1 Å². The minimum absolute atomic E-state index is 0.0969. The topological polar surface area (TPSA) is 66.0 Å². The van der Waals surface area contributed by atoms with Crippen molar-refractivity contribution in [3.8, 4) is 34.0 Å². The van der Waals surface area contributed by atoms with Crippen LogP contribution in [-0.2, 0) is 11.3 Å². The van der Waals surface area contributed by atoms with Crippen LogP contribution in [0.4, 0.5) is 13.2 Å². The van der Waals surface area contributed by atoms with Crippen LogP contribution < -0.4 is 0 Å². The molecule has 0 atom stereocenters. The molecule has 6 nitrogen and oxygen atoms in total. The first-order valence-electron chi connectivity index (χ1n) is 10.1. The number of benzene rings is 2. The van der Waals surface area contributed by atoms with Gasteiger partial charge in [0.25, 0.3) is 0 Å². The fourth-order valence-corrected chi connectivity index (χ4v) is 3.46. The summed E-state index contributed by atoms with van der Waals surface area (Å²) >= 11 is 0. The Balaban J connectivity index is 1.54. The third kappa shape index (κ3) is 4.49. The SMILES string of the molecule is Fc1ccc(-c2nn(CCOC(F)F)cc2-c2ncc3cc(-c4ccccc4)oc3n2)cc1. The van der Waals surface area contributed by atoms with Gasteiger partial charge in [-0.15, -0.1) is 0 Å². The number of rotatable bonds is 7. The fourth-order valence-electron chi connectivity index (χ4n) is 3.46. The quantitative estimate of drug-likeness (QED) is 0.314. The summed E-state index contributed by atoms with van der Waals surface area (Å²) in [4.78, 5) is 9.02. The number of ether oxygens (including phenoxy) is 1. The van der Waals surface area contributed by atoms with Crippen LogP contribution in [0.3, 0.4) is 0 Å². The number of alkyl halides is 2. The highest BCUT2D eigenvalue weighted by Gasteiger charge is 2.18. The van der Waals surface area contributed by atoms with E-state index in [9.17, 15) is 13.2 Å². The van der Waals surface area contributed by atoms with Gasteiger partial charge in [-0.1, -0.05) is 30.3 Å². The molecule has 0 saturated heterocycles. The zero-order chi connectivity index (χ0) is 22.8. The predicted octanol–water partition coefficient (Wildman–Crippen LogP) is 5.80.